The molecule has 2 amide bonds. The molecule has 0 spiro atoms. The molecular weight excluding hydrogens is 500 g/mol. The molecule has 1 aliphatic heterocycles. The predicted molar refractivity (Wildman–Crippen MR) is 137 cm³/mol. The van der Waals surface area contributed by atoms with Crippen molar-refractivity contribution in [2.75, 3.05) is 26.2 Å². The van der Waals surface area contributed by atoms with E-state index in [4.69, 9.17) is 30.8 Å². The lowest BCUT2D eigenvalue weighted by Crippen LogP contribution is -2.54. The van der Waals surface area contributed by atoms with Crippen LogP contribution in [0.4, 0.5) is 5.69 Å². The summed E-state index contributed by atoms with van der Waals surface area (Å²) >= 11 is 5.24. The Hall–Kier alpha value is -4.64. The number of anilines is 1. The maximum absolute atomic E-state index is 13.2. The standard InChI is InChI=1S/C26H22N2O8S/c1-32-17-7-5-16(6-8-17)28-24(30)19(23(29)27-26(28)37)12-15-4-10-20(22(13-15)33-2)35-14-18-9-11-21(36-18)25(31)34-3/h4-13H,14H2,1-3H3,(H,27,29,37)/b19-12-. The second-order valence-corrected chi connectivity index (χ2v) is 8.00. The number of amides is 2. The topological polar surface area (TPSA) is 117 Å². The largest absolute Gasteiger partial charge is 0.497 e. The van der Waals surface area contributed by atoms with Gasteiger partial charge in [-0.15, -0.1) is 0 Å². The fourth-order valence-electron chi connectivity index (χ4n) is 3.50. The second kappa shape index (κ2) is 11.0. The van der Waals surface area contributed by atoms with Crippen LogP contribution in [-0.4, -0.2) is 44.2 Å². The molecule has 0 bridgehead atoms. The molecule has 190 valence electrons. The number of methoxy groups -OCH3 is 3. The highest BCUT2D eigenvalue weighted by molar-refractivity contribution is 7.80. The number of thiocarbonyl (C=S) groups is 1. The van der Waals surface area contributed by atoms with Gasteiger partial charge in [0.05, 0.1) is 27.0 Å². The number of hydrogen-bond donors (Lipinski definition) is 1. The predicted octanol–water partition coefficient (Wildman–Crippen LogP) is 3.49. The van der Waals surface area contributed by atoms with Gasteiger partial charge in [0.15, 0.2) is 16.6 Å². The van der Waals surface area contributed by atoms with Gasteiger partial charge in [0, 0.05) is 0 Å². The van der Waals surface area contributed by atoms with Crippen LogP contribution in [0.15, 0.2) is 64.6 Å². The summed E-state index contributed by atoms with van der Waals surface area (Å²) in [6.07, 6.45) is 1.44. The van der Waals surface area contributed by atoms with Crippen LogP contribution >= 0.6 is 12.2 Å². The van der Waals surface area contributed by atoms with Gasteiger partial charge in [0.25, 0.3) is 11.8 Å². The van der Waals surface area contributed by atoms with E-state index in [1.807, 2.05) is 0 Å². The highest BCUT2D eigenvalue weighted by Crippen LogP contribution is 2.31. The van der Waals surface area contributed by atoms with Gasteiger partial charge in [-0.25, -0.2) is 4.79 Å². The Balaban J connectivity index is 1.55. The number of hydrogen-bond acceptors (Lipinski definition) is 9. The molecule has 0 saturated carbocycles. The van der Waals surface area contributed by atoms with E-state index in [0.717, 1.165) is 0 Å². The zero-order valence-electron chi connectivity index (χ0n) is 20.1. The van der Waals surface area contributed by atoms with Crippen molar-refractivity contribution in [2.45, 2.75) is 6.61 Å². The number of esters is 1. The van der Waals surface area contributed by atoms with Gasteiger partial charge in [-0.05, 0) is 72.4 Å². The lowest BCUT2D eigenvalue weighted by molar-refractivity contribution is -0.122. The molecule has 1 saturated heterocycles. The van der Waals surface area contributed by atoms with Crippen LogP contribution in [0, 0.1) is 0 Å². The fourth-order valence-corrected chi connectivity index (χ4v) is 3.78. The van der Waals surface area contributed by atoms with Crippen LogP contribution in [-0.2, 0) is 20.9 Å². The number of carbonyl (C=O) groups is 3. The summed E-state index contributed by atoms with van der Waals surface area (Å²) in [6, 6.07) is 14.7. The zero-order valence-corrected chi connectivity index (χ0v) is 20.9. The molecule has 1 N–H and O–H groups in total. The second-order valence-electron chi connectivity index (χ2n) is 7.61. The van der Waals surface area contributed by atoms with Crippen molar-refractivity contribution in [3.05, 3.63) is 77.3 Å². The molecule has 1 aliphatic rings. The van der Waals surface area contributed by atoms with E-state index in [2.05, 4.69) is 10.1 Å². The first-order valence-corrected chi connectivity index (χ1v) is 11.3. The average molecular weight is 523 g/mol. The molecule has 0 unspecified atom stereocenters. The van der Waals surface area contributed by atoms with Crippen LogP contribution < -0.4 is 24.4 Å². The van der Waals surface area contributed by atoms with Crippen molar-refractivity contribution in [1.82, 2.24) is 5.32 Å². The van der Waals surface area contributed by atoms with Crippen LogP contribution in [0.5, 0.6) is 17.2 Å². The highest BCUT2D eigenvalue weighted by atomic mass is 32.1. The summed E-state index contributed by atoms with van der Waals surface area (Å²) < 4.78 is 26.3. The minimum atomic E-state index is -0.613. The summed E-state index contributed by atoms with van der Waals surface area (Å²) in [4.78, 5) is 38.6. The Morgan fingerprint density at radius 1 is 1.00 bits per heavy atom. The summed E-state index contributed by atoms with van der Waals surface area (Å²) in [6.45, 7) is 0.0307. The monoisotopic (exact) mass is 522 g/mol. The molecule has 0 atom stereocenters. The molecular formula is C26H22N2O8S. The molecule has 11 heteroatoms. The number of rotatable bonds is 8. The minimum absolute atomic E-state index is 0.0214. The van der Waals surface area contributed by atoms with Crippen molar-refractivity contribution < 1.29 is 37.7 Å². The lowest BCUT2D eigenvalue weighted by atomic mass is 10.1. The van der Waals surface area contributed by atoms with Gasteiger partial charge >= 0.3 is 5.97 Å². The minimum Gasteiger partial charge on any atom is -0.497 e. The van der Waals surface area contributed by atoms with E-state index in [0.29, 0.717) is 34.3 Å². The fraction of sp³-hybridized carbons (Fsp3) is 0.154. The first-order valence-electron chi connectivity index (χ1n) is 10.9. The van der Waals surface area contributed by atoms with Crippen molar-refractivity contribution in [2.24, 2.45) is 0 Å². The normalized spacial score (nSPS) is 14.4. The average Bonchev–Trinajstić information content (AvgIpc) is 3.39. The molecule has 10 nitrogen and oxygen atoms in total. The zero-order chi connectivity index (χ0) is 26.5. The van der Waals surface area contributed by atoms with E-state index in [9.17, 15) is 14.4 Å². The van der Waals surface area contributed by atoms with Gasteiger partial charge in [0.1, 0.15) is 23.7 Å². The number of nitrogens with one attached hydrogen (secondary N) is 1. The smallest absolute Gasteiger partial charge is 0.373 e. The Morgan fingerprint density at radius 3 is 2.43 bits per heavy atom. The van der Waals surface area contributed by atoms with Crippen molar-refractivity contribution in [3.8, 4) is 17.2 Å². The maximum atomic E-state index is 13.2. The number of carbonyl (C=O) groups excluding carboxylic acids is 3. The third-order valence-corrected chi connectivity index (χ3v) is 5.63. The molecule has 1 fully saturated rings. The number of nitrogens with zero attached hydrogens (tertiary/aromatic N) is 1. The number of furan rings is 1. The quantitative estimate of drug-likeness (QED) is 0.205. The van der Waals surface area contributed by atoms with Crippen LogP contribution in [0.2, 0.25) is 0 Å². The van der Waals surface area contributed by atoms with Crippen molar-refractivity contribution in [1.29, 1.82) is 0 Å². The van der Waals surface area contributed by atoms with Gasteiger partial charge in [0.2, 0.25) is 5.76 Å². The summed E-state index contributed by atoms with van der Waals surface area (Å²) in [7, 11) is 4.26. The Kier molecular flexibility index (Phi) is 7.54. The van der Waals surface area contributed by atoms with Crippen LogP contribution in [0.1, 0.15) is 21.9 Å². The molecule has 2 aromatic carbocycles. The van der Waals surface area contributed by atoms with Gasteiger partial charge in [-0.2, -0.15) is 0 Å². The Bertz CT molecular complexity index is 1390. The SMILES string of the molecule is COC(=O)c1ccc(COc2ccc(/C=C3/C(=O)NC(=S)N(c4ccc(OC)cc4)C3=O)cc2OC)o1. The molecule has 4 rings (SSSR count). The van der Waals surface area contributed by atoms with Crippen LogP contribution in [0.25, 0.3) is 6.08 Å². The van der Waals surface area contributed by atoms with E-state index < -0.39 is 17.8 Å². The first-order chi connectivity index (χ1) is 17.8. The molecule has 0 radical (unpaired) electrons. The maximum Gasteiger partial charge on any atom is 0.373 e. The Morgan fingerprint density at radius 2 is 1.76 bits per heavy atom. The van der Waals surface area contributed by atoms with E-state index in [-0.39, 0.29) is 23.1 Å². The molecule has 1 aromatic heterocycles. The van der Waals surface area contributed by atoms with Crippen LogP contribution in [0.3, 0.4) is 0 Å². The first kappa shape index (κ1) is 25.5. The van der Waals surface area contributed by atoms with Crippen molar-refractivity contribution >= 4 is 46.9 Å². The molecule has 2 heterocycles. The van der Waals surface area contributed by atoms with E-state index in [1.54, 1.807) is 48.5 Å². The Labute approximate surface area is 217 Å². The third kappa shape index (κ3) is 5.46. The molecule has 3 aromatic rings. The summed E-state index contributed by atoms with van der Waals surface area (Å²) in [5.74, 6) is 0.0663. The third-order valence-electron chi connectivity index (χ3n) is 5.35. The van der Waals surface area contributed by atoms with Gasteiger partial charge in [-0.1, -0.05) is 6.07 Å². The summed E-state index contributed by atoms with van der Waals surface area (Å²) in [5.41, 5.74) is 0.901. The molecule has 37 heavy (non-hydrogen) atoms. The number of benzene rings is 2. The van der Waals surface area contributed by atoms with Gasteiger partial charge in [-0.3, -0.25) is 19.8 Å². The number of ether oxygens (including phenoxy) is 4. The summed E-state index contributed by atoms with van der Waals surface area (Å²) in [5, 5.41) is 2.53. The van der Waals surface area contributed by atoms with Gasteiger partial charge < -0.3 is 23.4 Å². The van der Waals surface area contributed by atoms with E-state index >= 15 is 0 Å². The molecule has 0 aliphatic carbocycles. The van der Waals surface area contributed by atoms with E-state index in [1.165, 1.54) is 38.4 Å². The highest BCUT2D eigenvalue weighted by Gasteiger charge is 2.34. The lowest BCUT2D eigenvalue weighted by Gasteiger charge is -2.29. The van der Waals surface area contributed by atoms with Crippen molar-refractivity contribution in [3.63, 3.8) is 0 Å².